The fraction of sp³-hybridized carbons (Fsp3) is 0.375. The smallest absolute Gasteiger partial charge is 0.162 e. The molecule has 3 rings (SSSR count). The number of imidazole rings is 1. The lowest BCUT2D eigenvalue weighted by Gasteiger charge is -2.16. The Morgan fingerprint density at radius 1 is 1.30 bits per heavy atom. The van der Waals surface area contributed by atoms with Gasteiger partial charge in [0.1, 0.15) is 5.82 Å². The average molecular weight is 272 g/mol. The van der Waals surface area contributed by atoms with Crippen LogP contribution < -0.4 is 0 Å². The van der Waals surface area contributed by atoms with E-state index in [2.05, 4.69) is 4.98 Å². The van der Waals surface area contributed by atoms with Crippen molar-refractivity contribution in [3.63, 3.8) is 0 Å². The van der Waals surface area contributed by atoms with Crippen LogP contribution in [0.5, 0.6) is 0 Å². The maximum absolute atomic E-state index is 13.7. The maximum Gasteiger partial charge on any atom is 0.162 e. The van der Waals surface area contributed by atoms with E-state index in [1.165, 1.54) is 13.0 Å². The molecular weight excluding hydrogens is 255 g/mol. The summed E-state index contributed by atoms with van der Waals surface area (Å²) in [5, 5.41) is 0. The van der Waals surface area contributed by atoms with Crippen LogP contribution >= 0.6 is 0 Å². The molecule has 0 saturated carbocycles. The summed E-state index contributed by atoms with van der Waals surface area (Å²) in [6, 6.07) is 3.07. The predicted octanol–water partition coefficient (Wildman–Crippen LogP) is 3.40. The Bertz CT molecular complexity index is 688. The van der Waals surface area contributed by atoms with E-state index in [0.717, 1.165) is 42.8 Å². The lowest BCUT2D eigenvalue weighted by atomic mass is 10.00. The Morgan fingerprint density at radius 3 is 2.80 bits per heavy atom. The quantitative estimate of drug-likeness (QED) is 0.785. The number of hydrogen-bond donors (Lipinski definition) is 0. The summed E-state index contributed by atoms with van der Waals surface area (Å²) >= 11 is 0. The van der Waals surface area contributed by atoms with Crippen molar-refractivity contribution < 1.29 is 9.18 Å². The Balaban J connectivity index is 2.21. The molecule has 1 aliphatic rings. The standard InChI is InChI=1S/C16H17FN2O/c1-10-7-16(12(11(2)20)8-13(10)17)19-9-18-14-5-3-4-6-15(14)19/h7-9H,3-6H2,1-2H3. The molecule has 0 amide bonds. The average Bonchev–Trinajstić information content (AvgIpc) is 2.85. The van der Waals surface area contributed by atoms with Gasteiger partial charge in [0.25, 0.3) is 0 Å². The second kappa shape index (κ2) is 4.85. The van der Waals surface area contributed by atoms with E-state index in [0.29, 0.717) is 11.1 Å². The normalized spacial score (nSPS) is 14.2. The van der Waals surface area contributed by atoms with Crippen LogP contribution in [0.25, 0.3) is 5.69 Å². The molecular formula is C16H17FN2O. The van der Waals surface area contributed by atoms with Crippen LogP contribution in [0.4, 0.5) is 4.39 Å². The minimum atomic E-state index is -0.340. The molecule has 0 atom stereocenters. The highest BCUT2D eigenvalue weighted by atomic mass is 19.1. The lowest BCUT2D eigenvalue weighted by Crippen LogP contribution is -2.10. The molecule has 0 radical (unpaired) electrons. The van der Waals surface area contributed by atoms with E-state index in [1.807, 2.05) is 4.57 Å². The number of hydrogen-bond acceptors (Lipinski definition) is 2. The number of Topliss-reactive ketones (excluding diaryl/α,β-unsaturated/α-hetero) is 1. The monoisotopic (exact) mass is 272 g/mol. The van der Waals surface area contributed by atoms with E-state index < -0.39 is 0 Å². The molecule has 1 aromatic heterocycles. The van der Waals surface area contributed by atoms with Gasteiger partial charge in [-0.3, -0.25) is 4.79 Å². The Kier molecular flexibility index (Phi) is 3.16. The molecule has 104 valence electrons. The van der Waals surface area contributed by atoms with Crippen molar-refractivity contribution >= 4 is 5.78 Å². The van der Waals surface area contributed by atoms with Crippen molar-refractivity contribution in [1.82, 2.24) is 9.55 Å². The van der Waals surface area contributed by atoms with Crippen molar-refractivity contribution in [1.29, 1.82) is 0 Å². The fourth-order valence-electron chi connectivity index (χ4n) is 2.82. The number of rotatable bonds is 2. The Labute approximate surface area is 117 Å². The lowest BCUT2D eigenvalue weighted by molar-refractivity contribution is 0.101. The van der Waals surface area contributed by atoms with Gasteiger partial charge < -0.3 is 4.57 Å². The number of aryl methyl sites for hydroxylation is 2. The van der Waals surface area contributed by atoms with Crippen LogP contribution in [0.15, 0.2) is 18.5 Å². The zero-order valence-corrected chi connectivity index (χ0v) is 11.7. The molecule has 0 N–H and O–H groups in total. The topological polar surface area (TPSA) is 34.9 Å². The summed E-state index contributed by atoms with van der Waals surface area (Å²) < 4.78 is 15.7. The van der Waals surface area contributed by atoms with Crippen LogP contribution in [0.2, 0.25) is 0 Å². The Hall–Kier alpha value is -1.97. The summed E-state index contributed by atoms with van der Waals surface area (Å²) in [5.41, 5.74) is 3.96. The van der Waals surface area contributed by atoms with Crippen molar-refractivity contribution in [2.45, 2.75) is 39.5 Å². The maximum atomic E-state index is 13.7. The summed E-state index contributed by atoms with van der Waals surface area (Å²) in [6.07, 6.45) is 6.00. The Morgan fingerprint density at radius 2 is 2.05 bits per heavy atom. The molecule has 0 saturated heterocycles. The molecule has 4 heteroatoms. The molecule has 0 unspecified atom stereocenters. The van der Waals surface area contributed by atoms with Gasteiger partial charge in [0, 0.05) is 11.3 Å². The van der Waals surface area contributed by atoms with E-state index in [4.69, 9.17) is 0 Å². The molecule has 1 heterocycles. The number of fused-ring (bicyclic) bond motifs is 1. The van der Waals surface area contributed by atoms with Gasteiger partial charge in [-0.25, -0.2) is 9.37 Å². The van der Waals surface area contributed by atoms with Crippen LogP contribution in [0, 0.1) is 12.7 Å². The van der Waals surface area contributed by atoms with E-state index in [1.54, 1.807) is 19.3 Å². The van der Waals surface area contributed by atoms with Crippen LogP contribution in [-0.4, -0.2) is 15.3 Å². The number of aromatic nitrogens is 2. The number of nitrogens with zero attached hydrogens (tertiary/aromatic N) is 2. The van der Waals surface area contributed by atoms with E-state index >= 15 is 0 Å². The summed E-state index contributed by atoms with van der Waals surface area (Å²) in [6.45, 7) is 3.18. The molecule has 1 aliphatic carbocycles. The first-order valence-electron chi connectivity index (χ1n) is 6.94. The van der Waals surface area contributed by atoms with Gasteiger partial charge in [-0.05, 0) is 57.2 Å². The largest absolute Gasteiger partial charge is 0.302 e. The first-order chi connectivity index (χ1) is 9.58. The minimum absolute atomic E-state index is 0.128. The highest BCUT2D eigenvalue weighted by Crippen LogP contribution is 2.26. The van der Waals surface area contributed by atoms with Gasteiger partial charge in [0.05, 0.1) is 17.7 Å². The fourth-order valence-corrected chi connectivity index (χ4v) is 2.82. The number of benzene rings is 1. The second-order valence-electron chi connectivity index (χ2n) is 5.39. The van der Waals surface area contributed by atoms with Crippen LogP contribution in [0.1, 0.15) is 47.1 Å². The van der Waals surface area contributed by atoms with Gasteiger partial charge >= 0.3 is 0 Å². The van der Waals surface area contributed by atoms with Crippen molar-refractivity contribution in [3.8, 4) is 5.69 Å². The number of halogens is 1. The molecule has 1 aromatic carbocycles. The van der Waals surface area contributed by atoms with Crippen molar-refractivity contribution in [3.05, 3.63) is 46.8 Å². The van der Waals surface area contributed by atoms with E-state index in [-0.39, 0.29) is 11.6 Å². The molecule has 20 heavy (non-hydrogen) atoms. The SMILES string of the molecule is CC(=O)c1cc(F)c(C)cc1-n1cnc2c1CCCC2. The van der Waals surface area contributed by atoms with Gasteiger partial charge in [-0.1, -0.05) is 0 Å². The summed E-state index contributed by atoms with van der Waals surface area (Å²) in [4.78, 5) is 16.2. The molecule has 0 aliphatic heterocycles. The zero-order valence-electron chi connectivity index (χ0n) is 11.7. The molecule has 3 nitrogen and oxygen atoms in total. The third kappa shape index (κ3) is 2.05. The first kappa shape index (κ1) is 13.0. The number of carbonyl (C=O) groups is 1. The van der Waals surface area contributed by atoms with Gasteiger partial charge in [-0.2, -0.15) is 0 Å². The highest BCUT2D eigenvalue weighted by molar-refractivity contribution is 5.97. The molecule has 0 spiro atoms. The predicted molar refractivity (Wildman–Crippen MR) is 74.9 cm³/mol. The van der Waals surface area contributed by atoms with Crippen molar-refractivity contribution in [2.24, 2.45) is 0 Å². The second-order valence-corrected chi connectivity index (χ2v) is 5.39. The van der Waals surface area contributed by atoms with Crippen molar-refractivity contribution in [2.75, 3.05) is 0 Å². The zero-order chi connectivity index (χ0) is 14.3. The molecule has 2 aromatic rings. The van der Waals surface area contributed by atoms with Crippen LogP contribution in [0.3, 0.4) is 0 Å². The third-order valence-electron chi connectivity index (χ3n) is 3.95. The van der Waals surface area contributed by atoms with Gasteiger partial charge in [0.15, 0.2) is 5.78 Å². The van der Waals surface area contributed by atoms with Crippen LogP contribution in [-0.2, 0) is 12.8 Å². The number of ketones is 1. The molecule has 0 bridgehead atoms. The minimum Gasteiger partial charge on any atom is -0.302 e. The van der Waals surface area contributed by atoms with Gasteiger partial charge in [-0.15, -0.1) is 0 Å². The summed E-state index contributed by atoms with van der Waals surface area (Å²) in [5.74, 6) is -0.468. The molecule has 0 fully saturated rings. The third-order valence-corrected chi connectivity index (χ3v) is 3.95. The van der Waals surface area contributed by atoms with Gasteiger partial charge in [0.2, 0.25) is 0 Å². The summed E-state index contributed by atoms with van der Waals surface area (Å²) in [7, 11) is 0. The van der Waals surface area contributed by atoms with E-state index in [9.17, 15) is 9.18 Å². The first-order valence-corrected chi connectivity index (χ1v) is 6.94. The number of carbonyl (C=O) groups excluding carboxylic acids is 1. The highest BCUT2D eigenvalue weighted by Gasteiger charge is 2.19.